The predicted octanol–water partition coefficient (Wildman–Crippen LogP) is -0.597. The fourth-order valence-corrected chi connectivity index (χ4v) is 0.383. The second-order valence-corrected chi connectivity index (χ2v) is 1.82. The first-order valence-corrected chi connectivity index (χ1v) is 2.92. The van der Waals surface area contributed by atoms with E-state index in [0.29, 0.717) is 5.01 Å². The zero-order valence-corrected chi connectivity index (χ0v) is 6.11. The smallest absolute Gasteiger partial charge is 0.421 e. The van der Waals surface area contributed by atoms with Crippen LogP contribution in [0.25, 0.3) is 0 Å². The molecule has 0 heterocycles. The van der Waals surface area contributed by atoms with E-state index in [2.05, 4.69) is 4.74 Å². The molecule has 6 nitrogen and oxygen atoms in total. The van der Waals surface area contributed by atoms with E-state index in [1.54, 1.807) is 0 Å². The van der Waals surface area contributed by atoms with E-state index in [-0.39, 0.29) is 13.2 Å². The molecule has 64 valence electrons. The molecule has 0 aliphatic carbocycles. The highest BCUT2D eigenvalue weighted by Crippen LogP contribution is 1.81. The molecular weight excluding hydrogens is 152 g/mol. The Bertz CT molecular complexity index is 159. The molecule has 0 bridgehead atoms. The Morgan fingerprint density at radius 1 is 1.64 bits per heavy atom. The Kier molecular flexibility index (Phi) is 3.97. The summed E-state index contributed by atoms with van der Waals surface area (Å²) in [6.45, 7) is 1.20. The number of hydrogen-bond acceptors (Lipinski definition) is 4. The van der Waals surface area contributed by atoms with Crippen LogP contribution in [0.1, 0.15) is 6.92 Å². The lowest BCUT2D eigenvalue weighted by molar-refractivity contribution is -0.141. The minimum atomic E-state index is -1.25. The molecule has 0 aromatic carbocycles. The number of hydrazine groups is 1. The summed E-state index contributed by atoms with van der Waals surface area (Å²) in [4.78, 5) is 20.2. The van der Waals surface area contributed by atoms with Gasteiger partial charge in [-0.25, -0.2) is 15.6 Å². The third-order valence-corrected chi connectivity index (χ3v) is 0.883. The van der Waals surface area contributed by atoms with Crippen LogP contribution in [0.3, 0.4) is 0 Å². The van der Waals surface area contributed by atoms with Gasteiger partial charge in [0.15, 0.2) is 0 Å². The Morgan fingerprint density at radius 3 is 2.55 bits per heavy atom. The molecule has 0 saturated carbocycles. The van der Waals surface area contributed by atoms with Crippen LogP contribution >= 0.6 is 0 Å². The van der Waals surface area contributed by atoms with Gasteiger partial charge in [-0.2, -0.15) is 0 Å². The van der Waals surface area contributed by atoms with Crippen molar-refractivity contribution in [2.24, 2.45) is 5.84 Å². The van der Waals surface area contributed by atoms with Gasteiger partial charge in [-0.15, -0.1) is 0 Å². The number of carbonyl (C=O) groups is 2. The van der Waals surface area contributed by atoms with Crippen molar-refractivity contribution in [1.82, 2.24) is 5.01 Å². The molecule has 0 fully saturated rings. The fraction of sp³-hybridized carbons (Fsp3) is 0.600. The quantitative estimate of drug-likeness (QED) is 0.250. The van der Waals surface area contributed by atoms with Crippen molar-refractivity contribution in [3.8, 4) is 0 Å². The van der Waals surface area contributed by atoms with E-state index in [1.807, 2.05) is 0 Å². The number of esters is 1. The summed E-state index contributed by atoms with van der Waals surface area (Å²) in [6.07, 6.45) is -1.25. The number of rotatable bonds is 3. The largest absolute Gasteiger partial charge is 0.464 e. The molecule has 11 heavy (non-hydrogen) atoms. The highest BCUT2D eigenvalue weighted by Gasteiger charge is 2.05. The number of amides is 1. The number of carbonyl (C=O) groups excluding carboxylic acids is 1. The zero-order chi connectivity index (χ0) is 8.85. The molecular formula is C5H10N2O4. The van der Waals surface area contributed by atoms with Crippen molar-refractivity contribution in [3.63, 3.8) is 0 Å². The Morgan fingerprint density at radius 2 is 2.18 bits per heavy atom. The van der Waals surface area contributed by atoms with Crippen LogP contribution in [0.5, 0.6) is 0 Å². The number of nitrogens with zero attached hydrogens (tertiary/aromatic N) is 1. The molecule has 1 amide bonds. The summed E-state index contributed by atoms with van der Waals surface area (Å²) in [5.41, 5.74) is 0. The number of hydrogen-bond donors (Lipinski definition) is 2. The normalized spacial score (nSPS) is 8.91. The van der Waals surface area contributed by atoms with Crippen LogP contribution in [0.2, 0.25) is 0 Å². The van der Waals surface area contributed by atoms with Gasteiger partial charge in [0, 0.05) is 6.92 Å². The lowest BCUT2D eigenvalue weighted by Gasteiger charge is -2.10. The summed E-state index contributed by atoms with van der Waals surface area (Å²) in [7, 11) is 0. The summed E-state index contributed by atoms with van der Waals surface area (Å²) in [6, 6.07) is 0. The SMILES string of the molecule is CC(=O)OCCN(N)C(=O)O. The summed E-state index contributed by atoms with van der Waals surface area (Å²) >= 11 is 0. The van der Waals surface area contributed by atoms with E-state index in [9.17, 15) is 9.59 Å². The molecule has 0 saturated heterocycles. The molecule has 0 unspecified atom stereocenters. The van der Waals surface area contributed by atoms with Crippen molar-refractivity contribution in [3.05, 3.63) is 0 Å². The first kappa shape index (κ1) is 9.70. The zero-order valence-electron chi connectivity index (χ0n) is 6.11. The van der Waals surface area contributed by atoms with Gasteiger partial charge in [-0.05, 0) is 0 Å². The molecule has 0 aliphatic rings. The standard InChI is InChI=1S/C5H10N2O4/c1-4(8)11-3-2-7(6)5(9)10/h2-3,6H2,1H3,(H,9,10). The Hall–Kier alpha value is -1.30. The maximum absolute atomic E-state index is 10.2. The number of carboxylic acid groups (broad SMARTS) is 1. The molecule has 0 radical (unpaired) electrons. The summed E-state index contributed by atoms with van der Waals surface area (Å²) in [5.74, 6) is 4.49. The van der Waals surface area contributed by atoms with E-state index in [1.165, 1.54) is 6.92 Å². The lowest BCUT2D eigenvalue weighted by Crippen LogP contribution is -2.38. The predicted molar refractivity (Wildman–Crippen MR) is 35.6 cm³/mol. The highest BCUT2D eigenvalue weighted by molar-refractivity contribution is 5.66. The third-order valence-electron chi connectivity index (χ3n) is 0.883. The molecule has 0 aliphatic heterocycles. The van der Waals surface area contributed by atoms with Crippen LogP contribution in [-0.4, -0.2) is 35.3 Å². The fourth-order valence-electron chi connectivity index (χ4n) is 0.383. The van der Waals surface area contributed by atoms with Gasteiger partial charge in [0.25, 0.3) is 0 Å². The van der Waals surface area contributed by atoms with Gasteiger partial charge >= 0.3 is 12.1 Å². The minimum absolute atomic E-state index is 0.0157. The summed E-state index contributed by atoms with van der Waals surface area (Å²) < 4.78 is 4.44. The molecule has 0 aromatic heterocycles. The molecule has 6 heteroatoms. The van der Waals surface area contributed by atoms with Gasteiger partial charge in [-0.3, -0.25) is 4.79 Å². The van der Waals surface area contributed by atoms with E-state index >= 15 is 0 Å². The summed E-state index contributed by atoms with van der Waals surface area (Å²) in [5, 5.41) is 8.75. The monoisotopic (exact) mass is 162 g/mol. The lowest BCUT2D eigenvalue weighted by atomic mass is 10.6. The molecule has 0 rings (SSSR count). The molecule has 0 aromatic rings. The van der Waals surface area contributed by atoms with Gasteiger partial charge in [0.1, 0.15) is 6.61 Å². The van der Waals surface area contributed by atoms with Crippen molar-refractivity contribution in [1.29, 1.82) is 0 Å². The van der Waals surface area contributed by atoms with Crippen LogP contribution < -0.4 is 5.84 Å². The Balaban J connectivity index is 3.39. The number of nitrogens with two attached hydrogens (primary N) is 1. The van der Waals surface area contributed by atoms with E-state index in [4.69, 9.17) is 10.9 Å². The second-order valence-electron chi connectivity index (χ2n) is 1.82. The van der Waals surface area contributed by atoms with Crippen molar-refractivity contribution < 1.29 is 19.4 Å². The molecule has 0 atom stereocenters. The van der Waals surface area contributed by atoms with Crippen molar-refractivity contribution in [2.75, 3.05) is 13.2 Å². The van der Waals surface area contributed by atoms with Crippen LogP contribution in [0.4, 0.5) is 4.79 Å². The first-order chi connectivity index (χ1) is 5.04. The van der Waals surface area contributed by atoms with Crippen LogP contribution in [0, 0.1) is 0 Å². The maximum Gasteiger partial charge on any atom is 0.421 e. The van der Waals surface area contributed by atoms with Gasteiger partial charge in [0.05, 0.1) is 6.54 Å². The topological polar surface area (TPSA) is 92.9 Å². The van der Waals surface area contributed by atoms with E-state index in [0.717, 1.165) is 0 Å². The number of ether oxygens (including phenoxy) is 1. The van der Waals surface area contributed by atoms with Gasteiger partial charge in [0.2, 0.25) is 0 Å². The van der Waals surface area contributed by atoms with Crippen LogP contribution in [-0.2, 0) is 9.53 Å². The van der Waals surface area contributed by atoms with Crippen molar-refractivity contribution >= 4 is 12.1 Å². The van der Waals surface area contributed by atoms with E-state index < -0.39 is 12.1 Å². The molecule has 3 N–H and O–H groups in total. The third kappa shape index (κ3) is 5.16. The average molecular weight is 162 g/mol. The average Bonchev–Trinajstić information content (AvgIpc) is 1.86. The van der Waals surface area contributed by atoms with Gasteiger partial charge in [-0.1, -0.05) is 0 Å². The Labute approximate surface area is 63.5 Å². The van der Waals surface area contributed by atoms with Crippen LogP contribution in [0.15, 0.2) is 0 Å². The minimum Gasteiger partial charge on any atom is -0.464 e. The second kappa shape index (κ2) is 4.51. The van der Waals surface area contributed by atoms with Gasteiger partial charge < -0.3 is 9.84 Å². The molecule has 0 spiro atoms. The highest BCUT2D eigenvalue weighted by atomic mass is 16.5. The first-order valence-electron chi connectivity index (χ1n) is 2.92. The maximum atomic E-state index is 10.2. The van der Waals surface area contributed by atoms with Crippen molar-refractivity contribution in [2.45, 2.75) is 6.92 Å².